The molecule has 0 spiro atoms. The number of rotatable bonds is 2. The van der Waals surface area contributed by atoms with Crippen molar-refractivity contribution in [2.45, 2.75) is 31.2 Å². The highest BCUT2D eigenvalue weighted by atomic mass is 19.2. The first kappa shape index (κ1) is 13.2. The molecule has 0 aliphatic heterocycles. The van der Waals surface area contributed by atoms with Crippen molar-refractivity contribution >= 4 is 0 Å². The molecule has 0 bridgehead atoms. The maximum absolute atomic E-state index is 13.9. The van der Waals surface area contributed by atoms with Gasteiger partial charge in [0.1, 0.15) is 0 Å². The lowest BCUT2D eigenvalue weighted by atomic mass is 9.80. The lowest BCUT2D eigenvalue weighted by molar-refractivity contribution is 0.432. The van der Waals surface area contributed by atoms with Gasteiger partial charge in [0, 0.05) is 29.4 Å². The molecule has 2 unspecified atom stereocenters. The molecule has 2 aromatic rings. The number of nitrogens with two attached hydrogens (primary N) is 1. The van der Waals surface area contributed by atoms with Gasteiger partial charge in [0.25, 0.3) is 0 Å². The maximum atomic E-state index is 13.9. The topological polar surface area (TPSA) is 38.9 Å². The van der Waals surface area contributed by atoms with Crippen molar-refractivity contribution in [2.75, 3.05) is 0 Å². The van der Waals surface area contributed by atoms with Crippen LogP contribution in [0.15, 0.2) is 36.5 Å². The second-order valence-electron chi connectivity index (χ2n) is 5.22. The molecule has 1 aromatic heterocycles. The quantitative estimate of drug-likeness (QED) is 0.910. The summed E-state index contributed by atoms with van der Waals surface area (Å²) in [5.74, 6) is -1.76. The molecule has 2 nitrogen and oxygen atoms in total. The summed E-state index contributed by atoms with van der Waals surface area (Å²) in [6.45, 7) is 0. The predicted molar refractivity (Wildman–Crippen MR) is 73.2 cm³/mol. The van der Waals surface area contributed by atoms with Crippen LogP contribution in [0.25, 0.3) is 0 Å². The van der Waals surface area contributed by atoms with E-state index in [2.05, 4.69) is 4.98 Å². The second kappa shape index (κ2) is 5.29. The number of fused-ring (bicyclic) bond motifs is 1. The van der Waals surface area contributed by atoms with Gasteiger partial charge in [0.15, 0.2) is 11.6 Å². The highest BCUT2D eigenvalue weighted by molar-refractivity contribution is 5.32. The van der Waals surface area contributed by atoms with Gasteiger partial charge < -0.3 is 5.73 Å². The zero-order valence-corrected chi connectivity index (χ0v) is 11.0. The highest BCUT2D eigenvalue weighted by Gasteiger charge is 2.29. The predicted octanol–water partition coefficient (Wildman–Crippen LogP) is 3.48. The van der Waals surface area contributed by atoms with Gasteiger partial charge >= 0.3 is 0 Å². The third kappa shape index (κ3) is 2.20. The molecule has 104 valence electrons. The first-order valence-electron chi connectivity index (χ1n) is 6.81. The van der Waals surface area contributed by atoms with Crippen molar-refractivity contribution in [3.63, 3.8) is 0 Å². The van der Waals surface area contributed by atoms with E-state index in [1.807, 2.05) is 12.1 Å². The van der Waals surface area contributed by atoms with E-state index < -0.39 is 17.7 Å². The number of benzene rings is 1. The molecular weight excluding hydrogens is 258 g/mol. The Morgan fingerprint density at radius 2 is 2.05 bits per heavy atom. The monoisotopic (exact) mass is 274 g/mol. The summed E-state index contributed by atoms with van der Waals surface area (Å²) in [6, 6.07) is 7.52. The molecule has 2 N–H and O–H groups in total. The number of aromatic nitrogens is 1. The fourth-order valence-electron chi connectivity index (χ4n) is 2.99. The molecule has 1 heterocycles. The average Bonchev–Trinajstić information content (AvgIpc) is 2.49. The summed E-state index contributed by atoms with van der Waals surface area (Å²) in [5, 5.41) is 0. The van der Waals surface area contributed by atoms with Crippen LogP contribution in [0, 0.1) is 11.6 Å². The third-order valence-electron chi connectivity index (χ3n) is 4.01. The molecule has 0 radical (unpaired) electrons. The standard InChI is InChI=1S/C16H16F2N2/c17-13-8-2-6-11(14(13)18)15(19)12-7-1-4-10-5-3-9-20-16(10)12/h2-3,5-6,8-9,12,15H,1,4,7,19H2. The minimum Gasteiger partial charge on any atom is -0.323 e. The first-order valence-corrected chi connectivity index (χ1v) is 6.81. The van der Waals surface area contributed by atoms with E-state index in [1.165, 1.54) is 6.07 Å². The van der Waals surface area contributed by atoms with E-state index in [1.54, 1.807) is 12.3 Å². The Labute approximate surface area is 116 Å². The third-order valence-corrected chi connectivity index (χ3v) is 4.01. The van der Waals surface area contributed by atoms with Gasteiger partial charge in [-0.2, -0.15) is 0 Å². The Kier molecular flexibility index (Phi) is 3.49. The van der Waals surface area contributed by atoms with Crippen molar-refractivity contribution in [3.8, 4) is 0 Å². The average molecular weight is 274 g/mol. The Bertz CT molecular complexity index is 628. The van der Waals surface area contributed by atoms with Crippen LogP contribution in [0.1, 0.15) is 41.6 Å². The van der Waals surface area contributed by atoms with Crippen LogP contribution in [0.4, 0.5) is 8.78 Å². The molecule has 1 aliphatic carbocycles. The van der Waals surface area contributed by atoms with Crippen molar-refractivity contribution in [2.24, 2.45) is 5.73 Å². The Morgan fingerprint density at radius 3 is 2.90 bits per heavy atom. The van der Waals surface area contributed by atoms with Crippen molar-refractivity contribution in [1.82, 2.24) is 4.98 Å². The Balaban J connectivity index is 2.00. The molecule has 0 amide bonds. The smallest absolute Gasteiger partial charge is 0.163 e. The summed E-state index contributed by atoms with van der Waals surface area (Å²) in [5.41, 5.74) is 8.53. The van der Waals surface area contributed by atoms with Gasteiger partial charge in [-0.05, 0) is 37.0 Å². The van der Waals surface area contributed by atoms with E-state index in [9.17, 15) is 8.78 Å². The molecule has 1 aliphatic rings. The fraction of sp³-hybridized carbons (Fsp3) is 0.312. The summed E-state index contributed by atoms with van der Waals surface area (Å²) < 4.78 is 27.3. The molecule has 20 heavy (non-hydrogen) atoms. The molecule has 3 rings (SSSR count). The number of hydrogen-bond acceptors (Lipinski definition) is 2. The molecule has 4 heteroatoms. The van der Waals surface area contributed by atoms with E-state index in [0.717, 1.165) is 36.6 Å². The Morgan fingerprint density at radius 1 is 1.20 bits per heavy atom. The summed E-state index contributed by atoms with van der Waals surface area (Å²) in [6.07, 6.45) is 4.54. The van der Waals surface area contributed by atoms with E-state index in [0.29, 0.717) is 0 Å². The first-order chi connectivity index (χ1) is 9.68. The second-order valence-corrected chi connectivity index (χ2v) is 5.22. The fourth-order valence-corrected chi connectivity index (χ4v) is 2.99. The van der Waals surface area contributed by atoms with Crippen LogP contribution in [0.5, 0.6) is 0 Å². The summed E-state index contributed by atoms with van der Waals surface area (Å²) in [7, 11) is 0. The Hall–Kier alpha value is -1.81. The number of hydrogen-bond donors (Lipinski definition) is 1. The minimum atomic E-state index is -0.852. The number of nitrogens with zero attached hydrogens (tertiary/aromatic N) is 1. The van der Waals surface area contributed by atoms with Crippen LogP contribution in [-0.4, -0.2) is 4.98 Å². The molecule has 0 fully saturated rings. The maximum Gasteiger partial charge on any atom is 0.163 e. The van der Waals surface area contributed by atoms with Crippen LogP contribution in [0.3, 0.4) is 0 Å². The summed E-state index contributed by atoms with van der Waals surface area (Å²) in [4.78, 5) is 4.40. The van der Waals surface area contributed by atoms with Gasteiger partial charge in [0.05, 0.1) is 0 Å². The minimum absolute atomic E-state index is 0.0590. The normalized spacial score (nSPS) is 19.4. The van der Waals surface area contributed by atoms with Crippen LogP contribution < -0.4 is 5.73 Å². The van der Waals surface area contributed by atoms with Gasteiger partial charge in [-0.25, -0.2) is 8.78 Å². The lowest BCUT2D eigenvalue weighted by Gasteiger charge is -2.29. The number of aryl methyl sites for hydroxylation is 1. The zero-order chi connectivity index (χ0) is 14.1. The highest BCUT2D eigenvalue weighted by Crippen LogP contribution is 2.38. The lowest BCUT2D eigenvalue weighted by Crippen LogP contribution is -2.25. The zero-order valence-electron chi connectivity index (χ0n) is 11.0. The molecule has 2 atom stereocenters. The van der Waals surface area contributed by atoms with Crippen molar-refractivity contribution in [1.29, 1.82) is 0 Å². The summed E-state index contributed by atoms with van der Waals surface area (Å²) >= 11 is 0. The molecule has 0 saturated heterocycles. The van der Waals surface area contributed by atoms with Gasteiger partial charge in [-0.15, -0.1) is 0 Å². The SMILES string of the molecule is NC(c1cccc(F)c1F)C1CCCc2cccnc21. The van der Waals surface area contributed by atoms with Gasteiger partial charge in [0.2, 0.25) is 0 Å². The van der Waals surface area contributed by atoms with Crippen LogP contribution in [-0.2, 0) is 6.42 Å². The van der Waals surface area contributed by atoms with E-state index >= 15 is 0 Å². The van der Waals surface area contributed by atoms with Gasteiger partial charge in [-0.3, -0.25) is 4.98 Å². The number of halogens is 2. The van der Waals surface area contributed by atoms with Gasteiger partial charge in [-0.1, -0.05) is 18.2 Å². The van der Waals surface area contributed by atoms with Crippen molar-refractivity contribution < 1.29 is 8.78 Å². The molecular formula is C16H16F2N2. The van der Waals surface area contributed by atoms with Crippen molar-refractivity contribution in [3.05, 3.63) is 65.0 Å². The number of pyridine rings is 1. The molecule has 1 aromatic carbocycles. The molecule has 0 saturated carbocycles. The van der Waals surface area contributed by atoms with Crippen LogP contribution in [0.2, 0.25) is 0 Å². The largest absolute Gasteiger partial charge is 0.323 e. The van der Waals surface area contributed by atoms with Crippen LogP contribution >= 0.6 is 0 Å². The van der Waals surface area contributed by atoms with E-state index in [-0.39, 0.29) is 11.5 Å². The van der Waals surface area contributed by atoms with E-state index in [4.69, 9.17) is 5.73 Å².